The fourth-order valence-electron chi connectivity index (χ4n) is 1.15. The first-order chi connectivity index (χ1) is 8.28. The molecule has 0 saturated heterocycles. The molecule has 0 fully saturated rings. The van der Waals surface area contributed by atoms with E-state index >= 15 is 0 Å². The fraction of sp³-hybridized carbons (Fsp3) is 0.182. The zero-order chi connectivity index (χ0) is 12.1. The minimum Gasteiger partial charge on any atom is -0.372 e. The zero-order valence-corrected chi connectivity index (χ0v) is 11.6. The molecule has 2 aromatic heterocycles. The maximum atomic E-state index is 4.30. The average molecular weight is 311 g/mol. The molecule has 0 radical (unpaired) electrons. The summed E-state index contributed by atoms with van der Waals surface area (Å²) in [5.41, 5.74) is 0.943. The van der Waals surface area contributed by atoms with E-state index in [0.717, 1.165) is 26.8 Å². The van der Waals surface area contributed by atoms with Crippen molar-refractivity contribution in [3.05, 3.63) is 40.9 Å². The van der Waals surface area contributed by atoms with Crippen molar-refractivity contribution in [3.63, 3.8) is 0 Å². The highest BCUT2D eigenvalue weighted by molar-refractivity contribution is 9.10. The number of hydrogen-bond donors (Lipinski definition) is 1. The maximum Gasteiger partial charge on any atom is 0.144 e. The van der Waals surface area contributed by atoms with E-state index in [2.05, 4.69) is 36.2 Å². The lowest BCUT2D eigenvalue weighted by Gasteiger charge is -2.02. The number of anilines is 1. The van der Waals surface area contributed by atoms with Crippen molar-refractivity contribution < 1.29 is 0 Å². The van der Waals surface area contributed by atoms with Crippen LogP contribution in [0.4, 0.5) is 5.82 Å². The third-order valence-corrected chi connectivity index (χ3v) is 3.48. The minimum atomic E-state index is 0.769. The van der Waals surface area contributed by atoms with Crippen LogP contribution in [0.3, 0.4) is 0 Å². The number of hydrogen-bond acceptors (Lipinski definition) is 5. The standard InChI is InChI=1S/C11H11BrN4S/c1-13-10-6-14-9(5-15-10)7-17-11-3-2-8(12)4-16-11/h2-6H,7H2,1H3,(H,13,15). The highest BCUT2D eigenvalue weighted by atomic mass is 79.9. The Morgan fingerprint density at radius 3 is 2.65 bits per heavy atom. The number of thioether (sulfide) groups is 1. The zero-order valence-electron chi connectivity index (χ0n) is 9.22. The molecular weight excluding hydrogens is 300 g/mol. The van der Waals surface area contributed by atoms with Gasteiger partial charge in [-0.15, -0.1) is 0 Å². The third kappa shape index (κ3) is 3.67. The molecule has 0 bridgehead atoms. The SMILES string of the molecule is CNc1cnc(CSc2ccc(Br)cn2)cn1. The molecule has 1 N–H and O–H groups in total. The van der Waals surface area contributed by atoms with Crippen LogP contribution < -0.4 is 5.32 Å². The molecule has 2 rings (SSSR count). The third-order valence-electron chi connectivity index (χ3n) is 2.03. The van der Waals surface area contributed by atoms with Crippen molar-refractivity contribution in [1.82, 2.24) is 15.0 Å². The second kappa shape index (κ2) is 5.97. The van der Waals surface area contributed by atoms with Gasteiger partial charge in [0.2, 0.25) is 0 Å². The molecule has 0 unspecified atom stereocenters. The topological polar surface area (TPSA) is 50.7 Å². The number of aromatic nitrogens is 3. The van der Waals surface area contributed by atoms with Crippen LogP contribution in [0, 0.1) is 0 Å². The van der Waals surface area contributed by atoms with Gasteiger partial charge < -0.3 is 5.32 Å². The first kappa shape index (κ1) is 12.3. The largest absolute Gasteiger partial charge is 0.372 e. The van der Waals surface area contributed by atoms with E-state index in [1.54, 1.807) is 30.4 Å². The lowest BCUT2D eigenvalue weighted by atomic mass is 10.5. The molecular formula is C11H11BrN4S. The van der Waals surface area contributed by atoms with Crippen LogP contribution in [0.25, 0.3) is 0 Å². The van der Waals surface area contributed by atoms with Gasteiger partial charge in [-0.2, -0.15) is 0 Å². The summed E-state index contributed by atoms with van der Waals surface area (Å²) >= 11 is 5.00. The Labute approximate surface area is 112 Å². The van der Waals surface area contributed by atoms with Gasteiger partial charge in [0.15, 0.2) is 0 Å². The van der Waals surface area contributed by atoms with Crippen LogP contribution in [-0.2, 0) is 5.75 Å². The summed E-state index contributed by atoms with van der Waals surface area (Å²) in [7, 11) is 1.82. The Bertz CT molecular complexity index is 472. The number of halogens is 1. The molecule has 6 heteroatoms. The summed E-state index contributed by atoms with van der Waals surface area (Å²) in [4.78, 5) is 12.8. The minimum absolute atomic E-state index is 0.769. The highest BCUT2D eigenvalue weighted by Crippen LogP contribution is 2.20. The van der Waals surface area contributed by atoms with Crippen molar-refractivity contribution in [2.24, 2.45) is 0 Å². The summed E-state index contributed by atoms with van der Waals surface area (Å²) in [5.74, 6) is 1.55. The number of nitrogens with zero attached hydrogens (tertiary/aromatic N) is 3. The Morgan fingerprint density at radius 1 is 1.18 bits per heavy atom. The van der Waals surface area contributed by atoms with Crippen LogP contribution in [0.1, 0.15) is 5.69 Å². The van der Waals surface area contributed by atoms with Gasteiger partial charge in [-0.05, 0) is 28.1 Å². The van der Waals surface area contributed by atoms with Gasteiger partial charge in [-0.25, -0.2) is 9.97 Å². The molecule has 0 aliphatic carbocycles. The van der Waals surface area contributed by atoms with Crippen LogP contribution in [0.2, 0.25) is 0 Å². The van der Waals surface area contributed by atoms with Crippen molar-refractivity contribution >= 4 is 33.5 Å². The number of pyridine rings is 1. The van der Waals surface area contributed by atoms with Crippen LogP contribution >= 0.6 is 27.7 Å². The van der Waals surface area contributed by atoms with E-state index < -0.39 is 0 Å². The van der Waals surface area contributed by atoms with Gasteiger partial charge in [-0.1, -0.05) is 11.8 Å². The molecule has 0 saturated carbocycles. The monoisotopic (exact) mass is 310 g/mol. The van der Waals surface area contributed by atoms with Gasteiger partial charge in [0, 0.05) is 23.5 Å². The van der Waals surface area contributed by atoms with Gasteiger partial charge in [0.05, 0.1) is 23.1 Å². The van der Waals surface area contributed by atoms with Crippen molar-refractivity contribution in [2.75, 3.05) is 12.4 Å². The first-order valence-corrected chi connectivity index (χ1v) is 6.79. The average Bonchev–Trinajstić information content (AvgIpc) is 2.39. The molecule has 0 atom stereocenters. The molecule has 0 aliphatic heterocycles. The Hall–Kier alpha value is -1.14. The Morgan fingerprint density at radius 2 is 2.06 bits per heavy atom. The van der Waals surface area contributed by atoms with Crippen LogP contribution in [-0.4, -0.2) is 22.0 Å². The van der Waals surface area contributed by atoms with Gasteiger partial charge in [-0.3, -0.25) is 4.98 Å². The molecule has 0 spiro atoms. The summed E-state index contributed by atoms with van der Waals surface area (Å²) < 4.78 is 0.986. The highest BCUT2D eigenvalue weighted by Gasteiger charge is 2.00. The molecule has 17 heavy (non-hydrogen) atoms. The van der Waals surface area contributed by atoms with E-state index in [0.29, 0.717) is 0 Å². The predicted octanol–water partition coefficient (Wildman–Crippen LogP) is 2.97. The van der Waals surface area contributed by atoms with Crippen molar-refractivity contribution in [2.45, 2.75) is 10.8 Å². The van der Waals surface area contributed by atoms with E-state index in [-0.39, 0.29) is 0 Å². The predicted molar refractivity (Wildman–Crippen MR) is 73.1 cm³/mol. The maximum absolute atomic E-state index is 4.30. The smallest absolute Gasteiger partial charge is 0.144 e. The van der Waals surface area contributed by atoms with Crippen molar-refractivity contribution in [3.8, 4) is 0 Å². The molecule has 0 aliphatic rings. The summed E-state index contributed by atoms with van der Waals surface area (Å²) in [6.45, 7) is 0. The van der Waals surface area contributed by atoms with E-state index in [1.165, 1.54) is 0 Å². The second-order valence-corrected chi connectivity index (χ2v) is 5.16. The second-order valence-electron chi connectivity index (χ2n) is 3.25. The van der Waals surface area contributed by atoms with E-state index in [4.69, 9.17) is 0 Å². The molecule has 4 nitrogen and oxygen atoms in total. The normalized spacial score (nSPS) is 10.2. The van der Waals surface area contributed by atoms with E-state index in [1.807, 2.05) is 19.2 Å². The molecule has 88 valence electrons. The summed E-state index contributed by atoms with van der Waals surface area (Å²) in [6, 6.07) is 3.95. The van der Waals surface area contributed by atoms with Crippen LogP contribution in [0.15, 0.2) is 40.2 Å². The molecule has 0 amide bonds. The molecule has 0 aromatic carbocycles. The first-order valence-electron chi connectivity index (χ1n) is 5.01. The Balaban J connectivity index is 1.95. The lowest BCUT2D eigenvalue weighted by molar-refractivity contribution is 1.08. The fourth-order valence-corrected chi connectivity index (χ4v) is 2.12. The van der Waals surface area contributed by atoms with Gasteiger partial charge >= 0.3 is 0 Å². The summed E-state index contributed by atoms with van der Waals surface area (Å²) in [5, 5.41) is 3.92. The van der Waals surface area contributed by atoms with Gasteiger partial charge in [0.1, 0.15) is 5.82 Å². The van der Waals surface area contributed by atoms with E-state index in [9.17, 15) is 0 Å². The van der Waals surface area contributed by atoms with Crippen molar-refractivity contribution in [1.29, 1.82) is 0 Å². The molecule has 2 aromatic rings. The number of nitrogens with one attached hydrogen (secondary N) is 1. The Kier molecular flexibility index (Phi) is 4.33. The lowest BCUT2D eigenvalue weighted by Crippen LogP contribution is -1.95. The quantitative estimate of drug-likeness (QED) is 0.880. The number of rotatable bonds is 4. The molecule has 2 heterocycles. The summed E-state index contributed by atoms with van der Waals surface area (Å²) in [6.07, 6.45) is 5.29. The van der Waals surface area contributed by atoms with Crippen LogP contribution in [0.5, 0.6) is 0 Å². The van der Waals surface area contributed by atoms with Gasteiger partial charge in [0.25, 0.3) is 0 Å².